The van der Waals surface area contributed by atoms with Crippen LogP contribution in [0.2, 0.25) is 0 Å². The molecule has 0 unspecified atom stereocenters. The number of halogens is 3. The molecule has 0 aliphatic carbocycles. The summed E-state index contributed by atoms with van der Waals surface area (Å²) in [5, 5.41) is 9.29. The van der Waals surface area contributed by atoms with Crippen molar-refractivity contribution in [2.24, 2.45) is 0 Å². The zero-order valence-electron chi connectivity index (χ0n) is 16.7. The van der Waals surface area contributed by atoms with Crippen molar-refractivity contribution in [2.45, 2.75) is 32.5 Å². The van der Waals surface area contributed by atoms with Crippen molar-refractivity contribution in [3.8, 4) is 11.4 Å². The number of hydrogen-bond donors (Lipinski definition) is 2. The fourth-order valence-corrected chi connectivity index (χ4v) is 3.09. The number of aromatic amines is 1. The van der Waals surface area contributed by atoms with E-state index in [4.69, 9.17) is 17.0 Å². The number of nitrogens with one attached hydrogen (secondary N) is 2. The fourth-order valence-electron chi connectivity index (χ4n) is 2.83. The molecule has 0 fully saturated rings. The number of carbonyl (C=O) groups excluding carboxylic acids is 1. The summed E-state index contributed by atoms with van der Waals surface area (Å²) in [6, 6.07) is 11.4. The van der Waals surface area contributed by atoms with Gasteiger partial charge in [-0.05, 0) is 61.1 Å². The standard InChI is InChI=1S/C21H21F3N4O2S/c1-2-3-11-30-17-9-7-14(8-10-17)19(29)25-13-18-26-27-20(31)28(18)16-6-4-5-15(12-16)21(22,23)24/h4-10,12H,2-3,11,13H2,1H3,(H,25,29)(H,27,31). The van der Waals surface area contributed by atoms with Gasteiger partial charge in [0.2, 0.25) is 0 Å². The molecule has 10 heteroatoms. The van der Waals surface area contributed by atoms with Gasteiger partial charge in [-0.25, -0.2) is 0 Å². The van der Waals surface area contributed by atoms with Gasteiger partial charge in [-0.1, -0.05) is 19.4 Å². The Kier molecular flexibility index (Phi) is 7.11. The zero-order chi connectivity index (χ0) is 22.4. The van der Waals surface area contributed by atoms with E-state index in [0.717, 1.165) is 25.0 Å². The molecular formula is C21H21F3N4O2S. The summed E-state index contributed by atoms with van der Waals surface area (Å²) in [5.74, 6) is 0.595. The second-order valence-corrected chi connectivity index (χ2v) is 7.12. The molecule has 0 saturated heterocycles. The molecule has 31 heavy (non-hydrogen) atoms. The first-order valence-electron chi connectivity index (χ1n) is 9.64. The van der Waals surface area contributed by atoms with Gasteiger partial charge in [-0.15, -0.1) is 0 Å². The van der Waals surface area contributed by atoms with Crippen molar-refractivity contribution in [1.29, 1.82) is 0 Å². The Labute approximate surface area is 182 Å². The van der Waals surface area contributed by atoms with E-state index in [1.807, 2.05) is 0 Å². The monoisotopic (exact) mass is 450 g/mol. The van der Waals surface area contributed by atoms with E-state index in [0.29, 0.717) is 17.9 Å². The Morgan fingerprint density at radius 1 is 1.23 bits per heavy atom. The van der Waals surface area contributed by atoms with Crippen LogP contribution >= 0.6 is 12.2 Å². The summed E-state index contributed by atoms with van der Waals surface area (Å²) in [6.07, 6.45) is -2.51. The van der Waals surface area contributed by atoms with Crippen molar-refractivity contribution >= 4 is 18.1 Å². The molecule has 3 rings (SSSR count). The van der Waals surface area contributed by atoms with Crippen molar-refractivity contribution in [3.63, 3.8) is 0 Å². The second-order valence-electron chi connectivity index (χ2n) is 6.74. The van der Waals surface area contributed by atoms with Gasteiger partial charge in [0.05, 0.1) is 24.4 Å². The number of hydrogen-bond acceptors (Lipinski definition) is 4. The molecule has 0 aliphatic heterocycles. The molecule has 0 saturated carbocycles. The predicted octanol–water partition coefficient (Wildman–Crippen LogP) is 5.06. The van der Waals surface area contributed by atoms with Crippen LogP contribution in [0.5, 0.6) is 5.75 Å². The predicted molar refractivity (Wildman–Crippen MR) is 112 cm³/mol. The Hall–Kier alpha value is -3.14. The zero-order valence-corrected chi connectivity index (χ0v) is 17.5. The minimum absolute atomic E-state index is 0.0308. The van der Waals surface area contributed by atoms with Crippen LogP contribution in [0.25, 0.3) is 5.69 Å². The van der Waals surface area contributed by atoms with E-state index in [1.165, 1.54) is 16.7 Å². The molecule has 0 radical (unpaired) electrons. The minimum Gasteiger partial charge on any atom is -0.494 e. The van der Waals surface area contributed by atoms with Gasteiger partial charge in [0, 0.05) is 5.56 Å². The lowest BCUT2D eigenvalue weighted by atomic mass is 10.2. The van der Waals surface area contributed by atoms with Crippen molar-refractivity contribution in [1.82, 2.24) is 20.1 Å². The first-order valence-corrected chi connectivity index (χ1v) is 10.1. The Balaban J connectivity index is 1.71. The lowest BCUT2D eigenvalue weighted by Crippen LogP contribution is -2.24. The van der Waals surface area contributed by atoms with Crippen molar-refractivity contribution in [3.05, 3.63) is 70.3 Å². The maximum atomic E-state index is 13.0. The van der Waals surface area contributed by atoms with Gasteiger partial charge < -0.3 is 10.1 Å². The normalized spacial score (nSPS) is 11.4. The van der Waals surface area contributed by atoms with Gasteiger partial charge in [-0.3, -0.25) is 14.5 Å². The van der Waals surface area contributed by atoms with E-state index in [2.05, 4.69) is 22.4 Å². The Morgan fingerprint density at radius 3 is 2.65 bits per heavy atom. The van der Waals surface area contributed by atoms with E-state index in [1.54, 1.807) is 24.3 Å². The molecule has 0 spiro atoms. The SMILES string of the molecule is CCCCOc1ccc(C(=O)NCc2n[nH]c(=S)n2-c2cccc(C(F)(F)F)c2)cc1. The quantitative estimate of drug-likeness (QED) is 0.372. The molecule has 1 amide bonds. The maximum absolute atomic E-state index is 13.0. The van der Waals surface area contributed by atoms with Crippen LogP contribution in [0.1, 0.15) is 41.5 Å². The number of amides is 1. The van der Waals surface area contributed by atoms with Gasteiger partial charge >= 0.3 is 6.18 Å². The molecule has 3 aromatic rings. The maximum Gasteiger partial charge on any atom is 0.416 e. The number of benzene rings is 2. The summed E-state index contributed by atoms with van der Waals surface area (Å²) in [7, 11) is 0. The van der Waals surface area contributed by atoms with E-state index in [9.17, 15) is 18.0 Å². The number of alkyl halides is 3. The van der Waals surface area contributed by atoms with Crippen LogP contribution < -0.4 is 10.1 Å². The number of aromatic nitrogens is 3. The van der Waals surface area contributed by atoms with E-state index in [-0.39, 0.29) is 28.7 Å². The first-order chi connectivity index (χ1) is 14.8. The lowest BCUT2D eigenvalue weighted by molar-refractivity contribution is -0.137. The average Bonchev–Trinajstić information content (AvgIpc) is 3.12. The van der Waals surface area contributed by atoms with Crippen LogP contribution in [0.15, 0.2) is 48.5 Å². The Morgan fingerprint density at radius 2 is 1.97 bits per heavy atom. The van der Waals surface area contributed by atoms with Crippen LogP contribution in [0.3, 0.4) is 0 Å². The highest BCUT2D eigenvalue weighted by Crippen LogP contribution is 2.30. The Bertz CT molecular complexity index is 1090. The molecular weight excluding hydrogens is 429 g/mol. The van der Waals surface area contributed by atoms with Gasteiger partial charge in [0.25, 0.3) is 5.91 Å². The highest BCUT2D eigenvalue weighted by atomic mass is 32.1. The van der Waals surface area contributed by atoms with Gasteiger partial charge in [0.1, 0.15) is 5.75 Å². The van der Waals surface area contributed by atoms with Crippen molar-refractivity contribution in [2.75, 3.05) is 6.61 Å². The van der Waals surface area contributed by atoms with Crippen LogP contribution in [0.4, 0.5) is 13.2 Å². The second kappa shape index (κ2) is 9.78. The third-order valence-corrected chi connectivity index (χ3v) is 4.74. The largest absolute Gasteiger partial charge is 0.494 e. The molecule has 164 valence electrons. The average molecular weight is 450 g/mol. The first kappa shape index (κ1) is 22.5. The number of H-pyrrole nitrogens is 1. The highest BCUT2D eigenvalue weighted by molar-refractivity contribution is 7.71. The molecule has 2 aromatic carbocycles. The lowest BCUT2D eigenvalue weighted by Gasteiger charge is -2.11. The summed E-state index contributed by atoms with van der Waals surface area (Å²) >= 11 is 5.16. The van der Waals surface area contributed by atoms with Crippen LogP contribution in [0, 0.1) is 4.77 Å². The van der Waals surface area contributed by atoms with E-state index >= 15 is 0 Å². The van der Waals surface area contributed by atoms with Crippen LogP contribution in [-0.4, -0.2) is 27.3 Å². The highest BCUT2D eigenvalue weighted by Gasteiger charge is 2.30. The summed E-state index contributed by atoms with van der Waals surface area (Å²) in [6.45, 7) is 2.65. The molecule has 6 nitrogen and oxygen atoms in total. The minimum atomic E-state index is -4.48. The number of nitrogens with zero attached hydrogens (tertiary/aromatic N) is 2. The number of ether oxygens (including phenoxy) is 1. The molecule has 0 aliphatic rings. The molecule has 1 aromatic heterocycles. The fraction of sp³-hybridized carbons (Fsp3) is 0.286. The summed E-state index contributed by atoms with van der Waals surface area (Å²) in [5.41, 5.74) is -0.182. The molecule has 0 atom stereocenters. The third kappa shape index (κ3) is 5.72. The topological polar surface area (TPSA) is 71.9 Å². The van der Waals surface area contributed by atoms with Crippen molar-refractivity contribution < 1.29 is 22.7 Å². The van der Waals surface area contributed by atoms with E-state index < -0.39 is 11.7 Å². The molecule has 1 heterocycles. The number of unbranched alkanes of at least 4 members (excludes halogenated alkanes) is 1. The molecule has 2 N–H and O–H groups in total. The van der Waals surface area contributed by atoms with Gasteiger partial charge in [0.15, 0.2) is 10.6 Å². The number of rotatable bonds is 8. The smallest absolute Gasteiger partial charge is 0.416 e. The third-order valence-electron chi connectivity index (χ3n) is 4.46. The number of carbonyl (C=O) groups is 1. The van der Waals surface area contributed by atoms with Crippen LogP contribution in [-0.2, 0) is 12.7 Å². The molecule has 0 bridgehead atoms. The van der Waals surface area contributed by atoms with Gasteiger partial charge in [-0.2, -0.15) is 18.3 Å². The summed E-state index contributed by atoms with van der Waals surface area (Å²) in [4.78, 5) is 12.5. The summed E-state index contributed by atoms with van der Waals surface area (Å²) < 4.78 is 46.2.